The van der Waals surface area contributed by atoms with E-state index >= 15 is 0 Å². The maximum atomic E-state index is 12.3. The predicted molar refractivity (Wildman–Crippen MR) is 85.5 cm³/mol. The van der Waals surface area contributed by atoms with Crippen LogP contribution in [0.2, 0.25) is 0 Å². The Balaban J connectivity index is 2.13. The van der Waals surface area contributed by atoms with E-state index in [1.807, 2.05) is 44.2 Å². The van der Waals surface area contributed by atoms with E-state index in [-0.39, 0.29) is 10.3 Å². The first kappa shape index (κ1) is 15.5. The van der Waals surface area contributed by atoms with Gasteiger partial charge in [-0.25, -0.2) is 13.1 Å². The second-order valence-electron chi connectivity index (χ2n) is 5.64. The van der Waals surface area contributed by atoms with E-state index in [1.165, 1.54) is 12.1 Å². The fourth-order valence-electron chi connectivity index (χ4n) is 2.00. The summed E-state index contributed by atoms with van der Waals surface area (Å²) in [5.74, 6) is 0. The quantitative estimate of drug-likeness (QED) is 0.834. The highest BCUT2D eigenvalue weighted by Gasteiger charge is 2.23. The maximum Gasteiger partial charge on any atom is 0.240 e. The molecule has 4 nitrogen and oxygen atoms in total. The third-order valence-electron chi connectivity index (χ3n) is 3.45. The molecule has 0 radical (unpaired) electrons. The average molecular weight is 304 g/mol. The van der Waals surface area contributed by atoms with Gasteiger partial charge in [0.05, 0.1) is 4.90 Å². The average Bonchev–Trinajstić information content (AvgIpc) is 2.47. The number of nitrogens with one attached hydrogen (secondary N) is 1. The van der Waals surface area contributed by atoms with Gasteiger partial charge < -0.3 is 5.73 Å². The van der Waals surface area contributed by atoms with E-state index in [0.717, 1.165) is 5.56 Å². The normalized spacial score (nSPS) is 12.3. The second-order valence-corrected chi connectivity index (χ2v) is 7.41. The Morgan fingerprint density at radius 2 is 1.57 bits per heavy atom. The van der Waals surface area contributed by atoms with Crippen LogP contribution in [0.3, 0.4) is 0 Å². The van der Waals surface area contributed by atoms with E-state index in [0.29, 0.717) is 12.2 Å². The van der Waals surface area contributed by atoms with Gasteiger partial charge in [0, 0.05) is 17.6 Å². The Labute approximate surface area is 126 Å². The zero-order valence-electron chi connectivity index (χ0n) is 12.2. The number of anilines is 1. The lowest BCUT2D eigenvalue weighted by molar-refractivity contribution is 0.501. The molecule has 0 spiro atoms. The van der Waals surface area contributed by atoms with Crippen molar-refractivity contribution >= 4 is 15.7 Å². The van der Waals surface area contributed by atoms with Gasteiger partial charge in [-0.05, 0) is 29.8 Å². The Hall–Kier alpha value is -1.85. The minimum atomic E-state index is -3.52. The van der Waals surface area contributed by atoms with Gasteiger partial charge in [-0.2, -0.15) is 0 Å². The molecule has 0 aliphatic heterocycles. The molecule has 3 N–H and O–H groups in total. The van der Waals surface area contributed by atoms with Crippen LogP contribution in [-0.4, -0.2) is 15.0 Å². The van der Waals surface area contributed by atoms with Crippen molar-refractivity contribution in [1.29, 1.82) is 0 Å². The molecule has 0 fully saturated rings. The standard InChI is InChI=1S/C16H20N2O2S/c1-16(2,13-6-4-3-5-7-13)12-18-21(19,20)15-10-8-14(17)9-11-15/h3-11,18H,12,17H2,1-2H3. The van der Waals surface area contributed by atoms with Gasteiger partial charge in [0.25, 0.3) is 0 Å². The number of benzene rings is 2. The molecule has 0 atom stereocenters. The Kier molecular flexibility index (Phi) is 4.34. The zero-order chi connectivity index (χ0) is 15.5. The summed E-state index contributed by atoms with van der Waals surface area (Å²) in [6, 6.07) is 16.0. The summed E-state index contributed by atoms with van der Waals surface area (Å²) >= 11 is 0. The third kappa shape index (κ3) is 3.83. The number of sulfonamides is 1. The third-order valence-corrected chi connectivity index (χ3v) is 4.87. The topological polar surface area (TPSA) is 72.2 Å². The maximum absolute atomic E-state index is 12.3. The molecular weight excluding hydrogens is 284 g/mol. The van der Waals surface area contributed by atoms with E-state index in [9.17, 15) is 8.42 Å². The number of hydrogen-bond acceptors (Lipinski definition) is 3. The molecule has 0 bridgehead atoms. The van der Waals surface area contributed by atoms with Crippen LogP contribution in [0.1, 0.15) is 19.4 Å². The summed E-state index contributed by atoms with van der Waals surface area (Å²) < 4.78 is 27.2. The Morgan fingerprint density at radius 3 is 2.14 bits per heavy atom. The highest BCUT2D eigenvalue weighted by Crippen LogP contribution is 2.22. The minimum absolute atomic E-state index is 0.223. The fraction of sp³-hybridized carbons (Fsp3) is 0.250. The zero-order valence-corrected chi connectivity index (χ0v) is 13.0. The molecule has 21 heavy (non-hydrogen) atoms. The van der Waals surface area contributed by atoms with E-state index in [4.69, 9.17) is 5.73 Å². The molecule has 0 saturated carbocycles. The monoisotopic (exact) mass is 304 g/mol. The summed E-state index contributed by atoms with van der Waals surface area (Å²) in [4.78, 5) is 0.223. The summed E-state index contributed by atoms with van der Waals surface area (Å²) in [7, 11) is -3.52. The van der Waals surface area contributed by atoms with Crippen molar-refractivity contribution in [2.75, 3.05) is 12.3 Å². The molecular formula is C16H20N2O2S. The Morgan fingerprint density at radius 1 is 1.00 bits per heavy atom. The summed E-state index contributed by atoms with van der Waals surface area (Å²) in [5.41, 5.74) is 6.91. The van der Waals surface area contributed by atoms with Gasteiger partial charge in [0.1, 0.15) is 0 Å². The van der Waals surface area contributed by atoms with Crippen molar-refractivity contribution in [1.82, 2.24) is 4.72 Å². The summed E-state index contributed by atoms with van der Waals surface area (Å²) in [6.45, 7) is 4.34. The molecule has 0 heterocycles. The molecule has 0 aliphatic rings. The lowest BCUT2D eigenvalue weighted by Gasteiger charge is -2.25. The van der Waals surface area contributed by atoms with Crippen molar-refractivity contribution in [3.05, 3.63) is 60.2 Å². The van der Waals surface area contributed by atoms with Gasteiger partial charge in [-0.15, -0.1) is 0 Å². The molecule has 0 aromatic heterocycles. The first-order valence-electron chi connectivity index (χ1n) is 6.72. The van der Waals surface area contributed by atoms with Gasteiger partial charge in [0.15, 0.2) is 0 Å². The minimum Gasteiger partial charge on any atom is -0.399 e. The van der Waals surface area contributed by atoms with Crippen LogP contribution in [-0.2, 0) is 15.4 Å². The predicted octanol–water partition coefficient (Wildman–Crippen LogP) is 2.52. The number of rotatable bonds is 5. The fourth-order valence-corrected chi connectivity index (χ4v) is 3.21. The SMILES string of the molecule is CC(C)(CNS(=O)(=O)c1ccc(N)cc1)c1ccccc1. The van der Waals surface area contributed by atoms with Gasteiger partial charge in [0.2, 0.25) is 10.0 Å². The summed E-state index contributed by atoms with van der Waals surface area (Å²) in [6.07, 6.45) is 0. The highest BCUT2D eigenvalue weighted by molar-refractivity contribution is 7.89. The van der Waals surface area contributed by atoms with Crippen LogP contribution in [0.5, 0.6) is 0 Å². The molecule has 2 aromatic carbocycles. The van der Waals surface area contributed by atoms with Gasteiger partial charge in [-0.1, -0.05) is 44.2 Å². The van der Waals surface area contributed by atoms with E-state index < -0.39 is 10.0 Å². The number of nitrogen functional groups attached to an aromatic ring is 1. The lowest BCUT2D eigenvalue weighted by atomic mass is 9.85. The molecule has 0 saturated heterocycles. The van der Waals surface area contributed by atoms with E-state index in [1.54, 1.807) is 12.1 Å². The van der Waals surface area contributed by atoms with Crippen LogP contribution < -0.4 is 10.5 Å². The van der Waals surface area contributed by atoms with Crippen molar-refractivity contribution in [3.63, 3.8) is 0 Å². The number of hydrogen-bond donors (Lipinski definition) is 2. The first-order chi connectivity index (χ1) is 9.81. The molecule has 0 aliphatic carbocycles. The first-order valence-corrected chi connectivity index (χ1v) is 8.20. The second kappa shape index (κ2) is 5.87. The number of nitrogens with two attached hydrogens (primary N) is 1. The molecule has 2 rings (SSSR count). The van der Waals surface area contributed by atoms with Crippen LogP contribution in [0, 0.1) is 0 Å². The van der Waals surface area contributed by atoms with Gasteiger partial charge >= 0.3 is 0 Å². The van der Waals surface area contributed by atoms with Crippen LogP contribution >= 0.6 is 0 Å². The molecule has 0 unspecified atom stereocenters. The van der Waals surface area contributed by atoms with Crippen molar-refractivity contribution in [3.8, 4) is 0 Å². The van der Waals surface area contributed by atoms with Crippen molar-refractivity contribution in [2.45, 2.75) is 24.2 Å². The van der Waals surface area contributed by atoms with Gasteiger partial charge in [-0.3, -0.25) is 0 Å². The highest BCUT2D eigenvalue weighted by atomic mass is 32.2. The van der Waals surface area contributed by atoms with Crippen LogP contribution in [0.15, 0.2) is 59.5 Å². The molecule has 5 heteroatoms. The van der Waals surface area contributed by atoms with E-state index in [2.05, 4.69) is 4.72 Å². The van der Waals surface area contributed by atoms with Crippen molar-refractivity contribution in [2.24, 2.45) is 0 Å². The van der Waals surface area contributed by atoms with Crippen LogP contribution in [0.25, 0.3) is 0 Å². The van der Waals surface area contributed by atoms with Crippen molar-refractivity contribution < 1.29 is 8.42 Å². The largest absolute Gasteiger partial charge is 0.399 e. The Bertz CT molecular complexity index is 693. The van der Waals surface area contributed by atoms with Crippen LogP contribution in [0.4, 0.5) is 5.69 Å². The lowest BCUT2D eigenvalue weighted by Crippen LogP contribution is -2.36. The summed E-state index contributed by atoms with van der Waals surface area (Å²) in [5, 5.41) is 0. The molecule has 112 valence electrons. The molecule has 2 aromatic rings. The molecule has 0 amide bonds. The smallest absolute Gasteiger partial charge is 0.240 e.